The Morgan fingerprint density at radius 1 is 1.22 bits per heavy atom. The van der Waals surface area contributed by atoms with Crippen LogP contribution in [0.3, 0.4) is 0 Å². The summed E-state index contributed by atoms with van der Waals surface area (Å²) in [7, 11) is 1.13. The Bertz CT molecular complexity index is 553. The van der Waals surface area contributed by atoms with E-state index in [9.17, 15) is 14.7 Å². The predicted molar refractivity (Wildman–Crippen MR) is 86.1 cm³/mol. The minimum absolute atomic E-state index is 0.0689. The summed E-state index contributed by atoms with van der Waals surface area (Å²) in [6.07, 6.45) is -0.638. The van der Waals surface area contributed by atoms with E-state index in [4.69, 9.17) is 16.3 Å². The number of alkyl carbamates (subject to hydrolysis) is 1. The van der Waals surface area contributed by atoms with Crippen LogP contribution in [0.5, 0.6) is 0 Å². The van der Waals surface area contributed by atoms with Gasteiger partial charge in [0.1, 0.15) is 5.60 Å². The summed E-state index contributed by atoms with van der Waals surface area (Å²) < 4.78 is 9.63. The highest BCUT2D eigenvalue weighted by molar-refractivity contribution is 6.30. The van der Waals surface area contributed by atoms with Gasteiger partial charge in [-0.1, -0.05) is 23.7 Å². The number of methoxy groups -OCH3 is 1. The zero-order valence-electron chi connectivity index (χ0n) is 13.7. The van der Waals surface area contributed by atoms with Gasteiger partial charge >= 0.3 is 12.1 Å². The van der Waals surface area contributed by atoms with E-state index in [2.05, 4.69) is 10.1 Å². The van der Waals surface area contributed by atoms with E-state index in [-0.39, 0.29) is 6.42 Å². The number of rotatable bonds is 5. The average molecular weight is 344 g/mol. The van der Waals surface area contributed by atoms with Crippen molar-refractivity contribution < 1.29 is 24.2 Å². The minimum Gasteiger partial charge on any atom is -0.465 e. The SMILES string of the molecule is COC(=O)C(O)(CCc1ccc(Cl)cc1)NC(=O)OC(C)(C)C. The van der Waals surface area contributed by atoms with E-state index < -0.39 is 23.4 Å². The molecule has 0 bridgehead atoms. The van der Waals surface area contributed by atoms with Crippen LogP contribution in [0.4, 0.5) is 4.79 Å². The van der Waals surface area contributed by atoms with Crippen LogP contribution in [0.25, 0.3) is 0 Å². The van der Waals surface area contributed by atoms with Gasteiger partial charge in [0.15, 0.2) is 0 Å². The number of nitrogens with one attached hydrogen (secondary N) is 1. The highest BCUT2D eigenvalue weighted by atomic mass is 35.5. The molecule has 1 atom stereocenters. The third-order valence-electron chi connectivity index (χ3n) is 2.92. The molecule has 1 aromatic rings. The summed E-state index contributed by atoms with van der Waals surface area (Å²) in [5, 5.41) is 13.2. The first-order valence-corrected chi connectivity index (χ1v) is 7.50. The maximum Gasteiger partial charge on any atom is 0.410 e. The average Bonchev–Trinajstić information content (AvgIpc) is 2.43. The maximum absolute atomic E-state index is 11.8. The quantitative estimate of drug-likeness (QED) is 0.634. The van der Waals surface area contributed by atoms with Gasteiger partial charge in [0.05, 0.1) is 7.11 Å². The van der Waals surface area contributed by atoms with Gasteiger partial charge in [-0.25, -0.2) is 9.59 Å². The fraction of sp³-hybridized carbons (Fsp3) is 0.500. The zero-order valence-corrected chi connectivity index (χ0v) is 14.4. The molecule has 0 aliphatic rings. The summed E-state index contributed by atoms with van der Waals surface area (Å²) in [6.45, 7) is 5.03. The Morgan fingerprint density at radius 2 is 1.78 bits per heavy atom. The fourth-order valence-corrected chi connectivity index (χ4v) is 1.96. The highest BCUT2D eigenvalue weighted by Gasteiger charge is 2.40. The Kier molecular flexibility index (Phi) is 6.41. The summed E-state index contributed by atoms with van der Waals surface area (Å²) in [6, 6.07) is 6.95. The smallest absolute Gasteiger partial charge is 0.410 e. The topological polar surface area (TPSA) is 84.9 Å². The normalized spacial score (nSPS) is 13.8. The van der Waals surface area contributed by atoms with Gasteiger partial charge < -0.3 is 14.6 Å². The predicted octanol–water partition coefficient (Wildman–Crippen LogP) is 2.66. The van der Waals surface area contributed by atoms with Gasteiger partial charge in [-0.15, -0.1) is 0 Å². The van der Waals surface area contributed by atoms with E-state index >= 15 is 0 Å². The van der Waals surface area contributed by atoms with Crippen molar-refractivity contribution in [3.05, 3.63) is 34.9 Å². The van der Waals surface area contributed by atoms with E-state index in [0.29, 0.717) is 11.4 Å². The molecule has 0 aromatic heterocycles. The summed E-state index contributed by atoms with van der Waals surface area (Å²) in [4.78, 5) is 23.7. The van der Waals surface area contributed by atoms with Crippen LogP contribution in [0.2, 0.25) is 5.02 Å². The molecular weight excluding hydrogens is 322 g/mol. The molecule has 0 aliphatic heterocycles. The van der Waals surface area contributed by atoms with Crippen LogP contribution in [-0.4, -0.2) is 35.6 Å². The van der Waals surface area contributed by atoms with Crippen molar-refractivity contribution in [3.63, 3.8) is 0 Å². The first-order valence-electron chi connectivity index (χ1n) is 7.12. The van der Waals surface area contributed by atoms with Gasteiger partial charge in [-0.3, -0.25) is 5.32 Å². The number of amides is 1. The highest BCUT2D eigenvalue weighted by Crippen LogP contribution is 2.17. The Hall–Kier alpha value is -1.79. The molecular formula is C16H22ClNO5. The van der Waals surface area contributed by atoms with Gasteiger partial charge in [0.2, 0.25) is 5.72 Å². The number of aliphatic hydroxyl groups is 1. The summed E-state index contributed by atoms with van der Waals surface area (Å²) >= 11 is 5.81. The van der Waals surface area contributed by atoms with Crippen LogP contribution in [0, 0.1) is 0 Å². The van der Waals surface area contributed by atoms with Crippen molar-refractivity contribution in [1.29, 1.82) is 0 Å². The molecule has 0 saturated carbocycles. The van der Waals surface area contributed by atoms with E-state index in [1.807, 2.05) is 0 Å². The Balaban J connectivity index is 2.79. The molecule has 23 heavy (non-hydrogen) atoms. The van der Waals surface area contributed by atoms with Crippen LogP contribution in [0.1, 0.15) is 32.8 Å². The monoisotopic (exact) mass is 343 g/mol. The molecule has 6 nitrogen and oxygen atoms in total. The van der Waals surface area contributed by atoms with Crippen molar-refractivity contribution in [2.45, 2.75) is 44.9 Å². The van der Waals surface area contributed by atoms with Gasteiger partial charge in [-0.05, 0) is 44.9 Å². The molecule has 0 saturated heterocycles. The standard InChI is InChI=1S/C16H22ClNO5/c1-15(2,3)23-14(20)18-16(21,13(19)22-4)10-9-11-5-7-12(17)8-6-11/h5-8,21H,9-10H2,1-4H3,(H,18,20). The molecule has 1 unspecified atom stereocenters. The molecule has 0 radical (unpaired) electrons. The fourth-order valence-electron chi connectivity index (χ4n) is 1.83. The van der Waals surface area contributed by atoms with Crippen molar-refractivity contribution in [2.75, 3.05) is 7.11 Å². The second-order valence-electron chi connectivity index (χ2n) is 6.11. The lowest BCUT2D eigenvalue weighted by Crippen LogP contribution is -2.56. The van der Waals surface area contributed by atoms with Crippen LogP contribution in [-0.2, 0) is 20.7 Å². The molecule has 0 spiro atoms. The second kappa shape index (κ2) is 7.66. The molecule has 1 rings (SSSR count). The number of esters is 1. The third kappa shape index (κ3) is 6.46. The second-order valence-corrected chi connectivity index (χ2v) is 6.54. The zero-order chi connectivity index (χ0) is 17.7. The van der Waals surface area contributed by atoms with Gasteiger partial charge in [0, 0.05) is 11.4 Å². The van der Waals surface area contributed by atoms with Crippen LogP contribution in [0.15, 0.2) is 24.3 Å². The Labute approximate surface area is 140 Å². The molecule has 2 N–H and O–H groups in total. The van der Waals surface area contributed by atoms with Crippen LogP contribution < -0.4 is 5.32 Å². The number of ether oxygens (including phenoxy) is 2. The number of hydrogen-bond acceptors (Lipinski definition) is 5. The molecule has 0 heterocycles. The molecule has 0 fully saturated rings. The number of halogens is 1. The maximum atomic E-state index is 11.8. The van der Waals surface area contributed by atoms with Crippen molar-refractivity contribution >= 4 is 23.7 Å². The number of hydrogen-bond donors (Lipinski definition) is 2. The van der Waals surface area contributed by atoms with Crippen molar-refractivity contribution in [1.82, 2.24) is 5.32 Å². The van der Waals surface area contributed by atoms with Crippen LogP contribution >= 0.6 is 11.6 Å². The lowest BCUT2D eigenvalue weighted by atomic mass is 10.0. The molecule has 1 amide bonds. The molecule has 0 aliphatic carbocycles. The minimum atomic E-state index is -2.17. The van der Waals surface area contributed by atoms with Gasteiger partial charge in [0.25, 0.3) is 0 Å². The largest absolute Gasteiger partial charge is 0.465 e. The lowest BCUT2D eigenvalue weighted by Gasteiger charge is -2.28. The first-order chi connectivity index (χ1) is 10.6. The summed E-state index contributed by atoms with van der Waals surface area (Å²) in [5.41, 5.74) is -2.07. The number of carbonyl (C=O) groups excluding carboxylic acids is 2. The van der Waals surface area contributed by atoms with E-state index in [1.165, 1.54) is 0 Å². The van der Waals surface area contributed by atoms with E-state index in [1.54, 1.807) is 45.0 Å². The first kappa shape index (κ1) is 19.3. The Morgan fingerprint density at radius 3 is 2.26 bits per heavy atom. The van der Waals surface area contributed by atoms with Crippen molar-refractivity contribution in [2.24, 2.45) is 0 Å². The third-order valence-corrected chi connectivity index (χ3v) is 3.17. The van der Waals surface area contributed by atoms with Gasteiger partial charge in [-0.2, -0.15) is 0 Å². The number of aryl methyl sites for hydroxylation is 1. The lowest BCUT2D eigenvalue weighted by molar-refractivity contribution is -0.166. The summed E-state index contributed by atoms with van der Waals surface area (Å²) in [5.74, 6) is -0.961. The molecule has 1 aromatic carbocycles. The number of benzene rings is 1. The number of carbonyl (C=O) groups is 2. The molecule has 128 valence electrons. The van der Waals surface area contributed by atoms with E-state index in [0.717, 1.165) is 12.7 Å². The molecule has 7 heteroatoms. The van der Waals surface area contributed by atoms with Crippen molar-refractivity contribution in [3.8, 4) is 0 Å².